The Kier molecular flexibility index (Phi) is 9.88. The Morgan fingerprint density at radius 1 is 1.08 bits per heavy atom. The molecule has 0 heterocycles. The predicted octanol–water partition coefficient (Wildman–Crippen LogP) is 3.50. The number of benzene rings is 1. The van der Waals surface area contributed by atoms with E-state index in [9.17, 15) is 4.79 Å². The fourth-order valence-electron chi connectivity index (χ4n) is 2.94. The van der Waals surface area contributed by atoms with E-state index in [0.29, 0.717) is 37.7 Å². The molecule has 0 aliphatic rings. The normalized spacial score (nSPS) is 13.1. The Morgan fingerprint density at radius 2 is 1.69 bits per heavy atom. The first-order valence-corrected chi connectivity index (χ1v) is 9.45. The molecule has 148 valence electrons. The van der Waals surface area contributed by atoms with Gasteiger partial charge in [-0.05, 0) is 57.6 Å². The van der Waals surface area contributed by atoms with Gasteiger partial charge in [-0.15, -0.1) is 0 Å². The minimum atomic E-state index is -0.825. The highest BCUT2D eigenvalue weighted by Gasteiger charge is 2.21. The number of hydrogen-bond acceptors (Lipinski definition) is 5. The number of ether oxygens (including phenoxy) is 3. The number of carboxylic acid groups (broad SMARTS) is 1. The lowest BCUT2D eigenvalue weighted by atomic mass is 9.91. The second kappa shape index (κ2) is 11.6. The lowest BCUT2D eigenvalue weighted by Gasteiger charge is -2.20. The maximum atomic E-state index is 11.2. The number of hydrogen-bond donors (Lipinski definition) is 2. The van der Waals surface area contributed by atoms with Crippen LogP contribution in [0, 0.1) is 11.8 Å². The highest BCUT2D eigenvalue weighted by Crippen LogP contribution is 2.41. The molecule has 0 saturated carbocycles. The van der Waals surface area contributed by atoms with Crippen molar-refractivity contribution in [1.29, 1.82) is 0 Å². The van der Waals surface area contributed by atoms with E-state index in [2.05, 4.69) is 6.92 Å². The van der Waals surface area contributed by atoms with Crippen LogP contribution in [0.5, 0.6) is 17.2 Å². The maximum absolute atomic E-state index is 11.2. The Morgan fingerprint density at radius 3 is 2.23 bits per heavy atom. The van der Waals surface area contributed by atoms with Crippen LogP contribution in [0.3, 0.4) is 0 Å². The molecule has 0 saturated heterocycles. The molecule has 0 amide bonds. The first-order valence-electron chi connectivity index (χ1n) is 9.45. The van der Waals surface area contributed by atoms with Gasteiger partial charge >= 0.3 is 5.97 Å². The molecule has 3 N–H and O–H groups in total. The highest BCUT2D eigenvalue weighted by atomic mass is 16.5. The van der Waals surface area contributed by atoms with Gasteiger partial charge in [0, 0.05) is 6.54 Å². The van der Waals surface area contributed by atoms with Gasteiger partial charge in [-0.2, -0.15) is 0 Å². The number of rotatable bonds is 13. The Labute approximate surface area is 156 Å². The smallest absolute Gasteiger partial charge is 0.307 e. The fourth-order valence-corrected chi connectivity index (χ4v) is 2.94. The average Bonchev–Trinajstić information content (AvgIpc) is 2.61. The van der Waals surface area contributed by atoms with Crippen LogP contribution < -0.4 is 19.9 Å². The summed E-state index contributed by atoms with van der Waals surface area (Å²) in [6.07, 6.45) is 2.20. The fraction of sp³-hybridized carbons (Fsp3) is 0.650. The summed E-state index contributed by atoms with van der Waals surface area (Å²) in [5.74, 6) is 0.984. The molecule has 6 nitrogen and oxygen atoms in total. The first-order chi connectivity index (χ1) is 12.5. The van der Waals surface area contributed by atoms with Crippen LogP contribution in [-0.4, -0.2) is 37.4 Å². The zero-order chi connectivity index (χ0) is 19.5. The van der Waals surface area contributed by atoms with E-state index < -0.39 is 11.9 Å². The van der Waals surface area contributed by atoms with E-state index in [0.717, 1.165) is 24.2 Å². The summed E-state index contributed by atoms with van der Waals surface area (Å²) < 4.78 is 17.3. The molecule has 0 aromatic heterocycles. The van der Waals surface area contributed by atoms with Crippen molar-refractivity contribution < 1.29 is 24.1 Å². The molecule has 0 fully saturated rings. The van der Waals surface area contributed by atoms with Crippen molar-refractivity contribution in [2.45, 2.75) is 47.0 Å². The second-order valence-corrected chi connectivity index (χ2v) is 6.33. The van der Waals surface area contributed by atoms with Gasteiger partial charge in [0.2, 0.25) is 5.75 Å². The van der Waals surface area contributed by atoms with Gasteiger partial charge in [0.05, 0.1) is 25.7 Å². The van der Waals surface area contributed by atoms with Gasteiger partial charge in [0.1, 0.15) is 0 Å². The van der Waals surface area contributed by atoms with Crippen LogP contribution in [0.4, 0.5) is 0 Å². The van der Waals surface area contributed by atoms with Crippen molar-refractivity contribution in [2.75, 3.05) is 26.4 Å². The lowest BCUT2D eigenvalue weighted by Crippen LogP contribution is -2.25. The predicted molar refractivity (Wildman–Crippen MR) is 102 cm³/mol. The zero-order valence-corrected chi connectivity index (χ0v) is 16.4. The Hall–Kier alpha value is -1.95. The third-order valence-electron chi connectivity index (χ3n) is 4.26. The molecular formula is C20H33NO5. The largest absolute Gasteiger partial charge is 0.490 e. The molecular weight excluding hydrogens is 334 g/mol. The minimum Gasteiger partial charge on any atom is -0.490 e. The van der Waals surface area contributed by atoms with Crippen molar-refractivity contribution in [1.82, 2.24) is 0 Å². The van der Waals surface area contributed by atoms with E-state index in [1.807, 2.05) is 32.9 Å². The topological polar surface area (TPSA) is 91.0 Å². The van der Waals surface area contributed by atoms with E-state index in [4.69, 9.17) is 25.1 Å². The third kappa shape index (κ3) is 6.41. The summed E-state index contributed by atoms with van der Waals surface area (Å²) in [6, 6.07) is 3.92. The molecule has 0 aliphatic carbocycles. The molecule has 1 aromatic rings. The lowest BCUT2D eigenvalue weighted by molar-refractivity contribution is -0.141. The van der Waals surface area contributed by atoms with Gasteiger partial charge in [-0.3, -0.25) is 4.79 Å². The maximum Gasteiger partial charge on any atom is 0.307 e. The molecule has 2 atom stereocenters. The molecule has 1 aromatic carbocycles. The Balaban J connectivity index is 2.93. The van der Waals surface area contributed by atoms with E-state index in [-0.39, 0.29) is 12.5 Å². The van der Waals surface area contributed by atoms with Crippen molar-refractivity contribution >= 4 is 5.97 Å². The van der Waals surface area contributed by atoms with Gasteiger partial charge in [-0.1, -0.05) is 13.0 Å². The summed E-state index contributed by atoms with van der Waals surface area (Å²) >= 11 is 0. The van der Waals surface area contributed by atoms with Gasteiger partial charge in [0.25, 0.3) is 0 Å². The molecule has 0 bridgehead atoms. The Bertz CT molecular complexity index is 561. The standard InChI is InChI=1S/C20H33NO5/c1-5-24-17-11-10-15(18(25-6-2)19(17)26-7-3)9-8-14(4)12-16(13-21)20(22)23/h10-11,14,16H,5-9,12-13,21H2,1-4H3,(H,22,23). The SMILES string of the molecule is CCOc1ccc(CCC(C)CC(CN)C(=O)O)c(OCC)c1OCC. The van der Waals surface area contributed by atoms with Crippen LogP contribution in [0.15, 0.2) is 12.1 Å². The van der Waals surface area contributed by atoms with E-state index >= 15 is 0 Å². The van der Waals surface area contributed by atoms with E-state index in [1.165, 1.54) is 0 Å². The molecule has 0 spiro atoms. The number of nitrogens with two attached hydrogens (primary N) is 1. The van der Waals surface area contributed by atoms with Crippen LogP contribution in [0.25, 0.3) is 0 Å². The van der Waals surface area contributed by atoms with Crippen molar-refractivity contribution in [3.05, 3.63) is 17.7 Å². The van der Waals surface area contributed by atoms with Crippen molar-refractivity contribution in [3.8, 4) is 17.2 Å². The number of carboxylic acids is 1. The van der Waals surface area contributed by atoms with E-state index in [1.54, 1.807) is 0 Å². The molecule has 2 unspecified atom stereocenters. The molecule has 1 rings (SSSR count). The summed E-state index contributed by atoms with van der Waals surface area (Å²) in [4.78, 5) is 11.2. The number of aryl methyl sites for hydroxylation is 1. The monoisotopic (exact) mass is 367 g/mol. The highest BCUT2D eigenvalue weighted by molar-refractivity contribution is 5.70. The van der Waals surface area contributed by atoms with Crippen LogP contribution in [0.2, 0.25) is 0 Å². The summed E-state index contributed by atoms with van der Waals surface area (Å²) in [5, 5.41) is 9.17. The van der Waals surface area contributed by atoms with Crippen molar-refractivity contribution in [3.63, 3.8) is 0 Å². The zero-order valence-electron chi connectivity index (χ0n) is 16.4. The minimum absolute atomic E-state index is 0.168. The van der Waals surface area contributed by atoms with Gasteiger partial charge < -0.3 is 25.1 Å². The molecule has 6 heteroatoms. The third-order valence-corrected chi connectivity index (χ3v) is 4.26. The van der Waals surface area contributed by atoms with Crippen LogP contribution >= 0.6 is 0 Å². The number of aliphatic carboxylic acids is 1. The summed E-state index contributed by atoms with van der Waals surface area (Å²) in [5.41, 5.74) is 6.61. The quantitative estimate of drug-likeness (QED) is 0.554. The number of carbonyl (C=O) groups is 1. The van der Waals surface area contributed by atoms with Crippen molar-refractivity contribution in [2.24, 2.45) is 17.6 Å². The summed E-state index contributed by atoms with van der Waals surface area (Å²) in [6.45, 7) is 9.64. The second-order valence-electron chi connectivity index (χ2n) is 6.33. The molecule has 26 heavy (non-hydrogen) atoms. The van der Waals surface area contributed by atoms with Crippen LogP contribution in [0.1, 0.15) is 46.1 Å². The van der Waals surface area contributed by atoms with Gasteiger partial charge in [0.15, 0.2) is 11.5 Å². The van der Waals surface area contributed by atoms with Gasteiger partial charge in [-0.25, -0.2) is 0 Å². The average molecular weight is 367 g/mol. The first kappa shape index (κ1) is 22.1. The summed E-state index contributed by atoms with van der Waals surface area (Å²) in [7, 11) is 0. The molecule has 0 aliphatic heterocycles. The molecule has 0 radical (unpaired) electrons. The van der Waals surface area contributed by atoms with Crippen LogP contribution in [-0.2, 0) is 11.2 Å².